The van der Waals surface area contributed by atoms with Crippen molar-refractivity contribution in [1.82, 2.24) is 10.3 Å². The van der Waals surface area contributed by atoms with E-state index < -0.39 is 23.7 Å². The molecule has 1 heterocycles. The van der Waals surface area contributed by atoms with Gasteiger partial charge in [-0.25, -0.2) is 14.2 Å². The van der Waals surface area contributed by atoms with Crippen molar-refractivity contribution >= 4 is 23.5 Å². The topological polar surface area (TPSA) is 108 Å². The van der Waals surface area contributed by atoms with Crippen molar-refractivity contribution in [1.29, 1.82) is 0 Å². The summed E-state index contributed by atoms with van der Waals surface area (Å²) in [6.45, 7) is -0.0943. The molecule has 1 aromatic carbocycles. The molecule has 25 heavy (non-hydrogen) atoms. The lowest BCUT2D eigenvalue weighted by Gasteiger charge is -2.24. The lowest BCUT2D eigenvalue weighted by atomic mass is 10.1. The van der Waals surface area contributed by atoms with Crippen molar-refractivity contribution in [3.63, 3.8) is 0 Å². The largest absolute Gasteiger partial charge is 0.480 e. The third-order valence-corrected chi connectivity index (χ3v) is 3.55. The van der Waals surface area contributed by atoms with Gasteiger partial charge in [0.1, 0.15) is 11.5 Å². The minimum absolute atomic E-state index is 0.0593. The standard InChI is InChI=1S/C16H18FN3O5/c1-25-9-13(16(23)24)18-15(22)12-6-7-14(21)20(19-12)8-10-2-4-11(17)5-3-10/h2-5,13H,6-9H2,1H3,(H,18,22)(H,23,24). The Kier molecular flexibility index (Phi) is 6.18. The number of hydrazone groups is 1. The van der Waals surface area contributed by atoms with Crippen LogP contribution in [0.15, 0.2) is 29.4 Å². The SMILES string of the molecule is COCC(NC(=O)C1=NN(Cc2ccc(F)cc2)C(=O)CC1)C(=O)O. The van der Waals surface area contributed by atoms with E-state index in [-0.39, 0.29) is 37.6 Å². The maximum absolute atomic E-state index is 12.9. The van der Waals surface area contributed by atoms with E-state index in [0.29, 0.717) is 5.56 Å². The average molecular weight is 351 g/mol. The number of carbonyl (C=O) groups excluding carboxylic acids is 2. The van der Waals surface area contributed by atoms with E-state index in [4.69, 9.17) is 9.84 Å². The number of nitrogens with zero attached hydrogens (tertiary/aromatic N) is 2. The molecule has 2 N–H and O–H groups in total. The van der Waals surface area contributed by atoms with Gasteiger partial charge in [0, 0.05) is 20.0 Å². The predicted octanol–water partition coefficient (Wildman–Crippen LogP) is 0.520. The molecule has 0 radical (unpaired) electrons. The van der Waals surface area contributed by atoms with Gasteiger partial charge in [-0.2, -0.15) is 5.10 Å². The molecule has 9 heteroatoms. The van der Waals surface area contributed by atoms with Crippen LogP contribution in [0.3, 0.4) is 0 Å². The minimum Gasteiger partial charge on any atom is -0.480 e. The van der Waals surface area contributed by atoms with Crippen LogP contribution in [0.5, 0.6) is 0 Å². The van der Waals surface area contributed by atoms with Gasteiger partial charge in [0.25, 0.3) is 5.91 Å². The number of ether oxygens (including phenoxy) is 1. The molecule has 0 spiro atoms. The van der Waals surface area contributed by atoms with E-state index in [0.717, 1.165) is 5.01 Å². The first-order valence-corrected chi connectivity index (χ1v) is 7.55. The number of carbonyl (C=O) groups is 3. The fourth-order valence-corrected chi connectivity index (χ4v) is 2.23. The van der Waals surface area contributed by atoms with E-state index in [1.165, 1.54) is 31.4 Å². The predicted molar refractivity (Wildman–Crippen MR) is 85.1 cm³/mol. The van der Waals surface area contributed by atoms with Crippen molar-refractivity contribution < 1.29 is 28.6 Å². The summed E-state index contributed by atoms with van der Waals surface area (Å²) in [7, 11) is 1.32. The molecule has 0 aromatic heterocycles. The Morgan fingerprint density at radius 2 is 2.04 bits per heavy atom. The summed E-state index contributed by atoms with van der Waals surface area (Å²) in [6, 6.07) is 4.37. The molecule has 0 saturated heterocycles. The molecule has 0 bridgehead atoms. The Labute approximate surface area is 143 Å². The lowest BCUT2D eigenvalue weighted by molar-refractivity contribution is -0.142. The summed E-state index contributed by atoms with van der Waals surface area (Å²) in [5.74, 6) is -2.56. The molecule has 0 saturated carbocycles. The van der Waals surface area contributed by atoms with Crippen LogP contribution in [-0.4, -0.2) is 53.4 Å². The van der Waals surface area contributed by atoms with Crippen molar-refractivity contribution in [3.8, 4) is 0 Å². The van der Waals surface area contributed by atoms with Gasteiger partial charge in [-0.3, -0.25) is 9.59 Å². The number of rotatable bonds is 7. The molecule has 134 valence electrons. The molecule has 0 aliphatic carbocycles. The zero-order chi connectivity index (χ0) is 18.4. The molecule has 1 aliphatic rings. The number of carboxylic acid groups (broad SMARTS) is 1. The Bertz CT molecular complexity index is 690. The van der Waals surface area contributed by atoms with Crippen LogP contribution in [0.2, 0.25) is 0 Å². The smallest absolute Gasteiger partial charge is 0.328 e. The van der Waals surface area contributed by atoms with Crippen LogP contribution in [-0.2, 0) is 25.7 Å². The Morgan fingerprint density at radius 3 is 2.64 bits per heavy atom. The van der Waals surface area contributed by atoms with Crippen molar-refractivity contribution in [2.75, 3.05) is 13.7 Å². The van der Waals surface area contributed by atoms with Crippen LogP contribution in [0.25, 0.3) is 0 Å². The highest BCUT2D eigenvalue weighted by Gasteiger charge is 2.27. The lowest BCUT2D eigenvalue weighted by Crippen LogP contribution is -2.48. The first-order chi connectivity index (χ1) is 11.9. The summed E-state index contributed by atoms with van der Waals surface area (Å²) >= 11 is 0. The van der Waals surface area contributed by atoms with Gasteiger partial charge >= 0.3 is 5.97 Å². The second-order valence-electron chi connectivity index (χ2n) is 5.44. The van der Waals surface area contributed by atoms with E-state index in [1.807, 2.05) is 0 Å². The monoisotopic (exact) mass is 351 g/mol. The summed E-state index contributed by atoms with van der Waals surface area (Å²) in [5, 5.41) is 16.5. The molecule has 1 aliphatic heterocycles. The van der Waals surface area contributed by atoms with Crippen LogP contribution < -0.4 is 5.32 Å². The van der Waals surface area contributed by atoms with Crippen LogP contribution in [0.1, 0.15) is 18.4 Å². The van der Waals surface area contributed by atoms with Crippen LogP contribution in [0, 0.1) is 5.82 Å². The highest BCUT2D eigenvalue weighted by atomic mass is 19.1. The summed E-state index contributed by atoms with van der Waals surface area (Å²) < 4.78 is 17.7. The highest BCUT2D eigenvalue weighted by molar-refractivity contribution is 6.39. The number of hydrogen-bond acceptors (Lipinski definition) is 5. The first-order valence-electron chi connectivity index (χ1n) is 7.55. The van der Waals surface area contributed by atoms with Gasteiger partial charge in [0.05, 0.1) is 13.2 Å². The molecule has 1 atom stereocenters. The van der Waals surface area contributed by atoms with Gasteiger partial charge in [0.2, 0.25) is 5.91 Å². The Hall–Kier alpha value is -2.81. The number of carboxylic acids is 1. The minimum atomic E-state index is -1.23. The molecular formula is C16H18FN3O5. The normalized spacial score (nSPS) is 15.5. The number of benzene rings is 1. The Balaban J connectivity index is 2.09. The number of amides is 2. The molecule has 8 nitrogen and oxygen atoms in total. The fourth-order valence-electron chi connectivity index (χ4n) is 2.23. The number of halogens is 1. The summed E-state index contributed by atoms with van der Waals surface area (Å²) in [4.78, 5) is 35.2. The first kappa shape index (κ1) is 18.5. The molecular weight excluding hydrogens is 333 g/mol. The number of aliphatic carboxylic acids is 1. The second kappa shape index (κ2) is 8.34. The number of hydrogen-bond donors (Lipinski definition) is 2. The summed E-state index contributed by atoms with van der Waals surface area (Å²) in [6.07, 6.45) is 0.194. The van der Waals surface area contributed by atoms with Gasteiger partial charge in [-0.05, 0) is 17.7 Å². The molecule has 2 amide bonds. The zero-order valence-corrected chi connectivity index (χ0v) is 13.6. The van der Waals surface area contributed by atoms with Gasteiger partial charge in [-0.1, -0.05) is 12.1 Å². The Morgan fingerprint density at radius 1 is 1.36 bits per heavy atom. The molecule has 1 aromatic rings. The third-order valence-electron chi connectivity index (χ3n) is 3.55. The van der Waals surface area contributed by atoms with Crippen LogP contribution >= 0.6 is 0 Å². The van der Waals surface area contributed by atoms with E-state index in [2.05, 4.69) is 10.4 Å². The quantitative estimate of drug-likeness (QED) is 0.744. The highest BCUT2D eigenvalue weighted by Crippen LogP contribution is 2.14. The molecule has 2 rings (SSSR count). The van der Waals surface area contributed by atoms with Crippen LogP contribution in [0.4, 0.5) is 4.39 Å². The average Bonchev–Trinajstić information content (AvgIpc) is 2.58. The van der Waals surface area contributed by atoms with Crippen molar-refractivity contribution in [3.05, 3.63) is 35.6 Å². The zero-order valence-electron chi connectivity index (χ0n) is 13.6. The third kappa shape index (κ3) is 5.08. The van der Waals surface area contributed by atoms with Crippen molar-refractivity contribution in [2.45, 2.75) is 25.4 Å². The van der Waals surface area contributed by atoms with E-state index >= 15 is 0 Å². The number of methoxy groups -OCH3 is 1. The molecule has 0 fully saturated rings. The maximum atomic E-state index is 12.9. The number of nitrogens with one attached hydrogen (secondary N) is 1. The van der Waals surface area contributed by atoms with E-state index in [1.54, 1.807) is 0 Å². The second-order valence-corrected chi connectivity index (χ2v) is 5.44. The van der Waals surface area contributed by atoms with Gasteiger partial charge in [-0.15, -0.1) is 0 Å². The summed E-state index contributed by atoms with van der Waals surface area (Å²) in [5.41, 5.74) is 0.715. The van der Waals surface area contributed by atoms with Crippen molar-refractivity contribution in [2.24, 2.45) is 5.10 Å². The fraction of sp³-hybridized carbons (Fsp3) is 0.375. The van der Waals surface area contributed by atoms with Gasteiger partial charge < -0.3 is 15.2 Å². The maximum Gasteiger partial charge on any atom is 0.328 e. The van der Waals surface area contributed by atoms with Gasteiger partial charge in [0.15, 0.2) is 6.04 Å². The molecule has 1 unspecified atom stereocenters. The van der Waals surface area contributed by atoms with E-state index in [9.17, 15) is 18.8 Å².